The summed E-state index contributed by atoms with van der Waals surface area (Å²) in [5, 5.41) is 0. The molecule has 0 saturated carbocycles. The van der Waals surface area contributed by atoms with Gasteiger partial charge in [-0.3, -0.25) is 4.99 Å². The molecule has 0 aliphatic carbocycles. The van der Waals surface area contributed by atoms with Gasteiger partial charge in [0.25, 0.3) is 0 Å². The van der Waals surface area contributed by atoms with E-state index in [1.165, 1.54) is 5.56 Å². The molecule has 1 aromatic rings. The van der Waals surface area contributed by atoms with Crippen LogP contribution in [0.2, 0.25) is 0 Å². The first kappa shape index (κ1) is 10.2. The summed E-state index contributed by atoms with van der Waals surface area (Å²) in [6.07, 6.45) is 5.60. The second-order valence-corrected chi connectivity index (χ2v) is 4.41. The molecule has 0 amide bonds. The van der Waals surface area contributed by atoms with E-state index in [-0.39, 0.29) is 5.41 Å². The van der Waals surface area contributed by atoms with E-state index in [1.807, 2.05) is 6.07 Å². The molecule has 0 spiro atoms. The maximum atomic E-state index is 4.65. The first-order chi connectivity index (χ1) is 7.23. The first-order valence-electron chi connectivity index (χ1n) is 5.53. The lowest BCUT2D eigenvalue weighted by atomic mass is 9.85. The minimum atomic E-state index is 0.262. The van der Waals surface area contributed by atoms with Crippen molar-refractivity contribution in [2.45, 2.75) is 20.3 Å². The molecule has 0 aromatic heterocycles. The molecule has 1 atom stereocenters. The minimum Gasteiger partial charge on any atom is -0.284 e. The Hall–Kier alpha value is -1.37. The van der Waals surface area contributed by atoms with E-state index in [2.05, 4.69) is 55.3 Å². The van der Waals surface area contributed by atoms with Gasteiger partial charge >= 0.3 is 0 Å². The largest absolute Gasteiger partial charge is 0.284 e. The van der Waals surface area contributed by atoms with E-state index in [0.29, 0.717) is 0 Å². The monoisotopic (exact) mass is 199 g/mol. The van der Waals surface area contributed by atoms with Crippen LogP contribution >= 0.6 is 0 Å². The van der Waals surface area contributed by atoms with E-state index in [9.17, 15) is 0 Å². The van der Waals surface area contributed by atoms with Crippen molar-refractivity contribution >= 4 is 5.71 Å². The van der Waals surface area contributed by atoms with Gasteiger partial charge in [0.2, 0.25) is 0 Å². The number of dihydropyridines is 1. The van der Waals surface area contributed by atoms with Crippen LogP contribution in [-0.4, -0.2) is 12.3 Å². The van der Waals surface area contributed by atoms with Gasteiger partial charge in [0.1, 0.15) is 0 Å². The van der Waals surface area contributed by atoms with Crippen LogP contribution in [0.15, 0.2) is 47.5 Å². The molecule has 0 N–H and O–H groups in total. The fraction of sp³-hybridized carbons (Fsp3) is 0.357. The first-order valence-corrected chi connectivity index (χ1v) is 5.53. The van der Waals surface area contributed by atoms with Crippen molar-refractivity contribution in [3.8, 4) is 0 Å². The van der Waals surface area contributed by atoms with Crippen LogP contribution in [0.4, 0.5) is 0 Å². The molecule has 1 aromatic carbocycles. The zero-order chi connectivity index (χ0) is 10.7. The van der Waals surface area contributed by atoms with Crippen LogP contribution in [0.3, 0.4) is 0 Å². The highest BCUT2D eigenvalue weighted by atomic mass is 14.8. The van der Waals surface area contributed by atoms with Crippen LogP contribution in [0.25, 0.3) is 0 Å². The number of benzene rings is 1. The fourth-order valence-electron chi connectivity index (χ4n) is 1.68. The molecule has 1 heteroatoms. The van der Waals surface area contributed by atoms with E-state index in [0.717, 1.165) is 18.7 Å². The molecule has 1 aliphatic heterocycles. The number of aliphatic imine (C=N–C) groups is 1. The van der Waals surface area contributed by atoms with Gasteiger partial charge < -0.3 is 0 Å². The Bertz CT molecular complexity index is 389. The average Bonchev–Trinajstić information content (AvgIpc) is 2.31. The standard InChI is InChI=1S/C14H17N/c1-3-14(2)10-9-13(15-11-14)12-7-5-4-6-8-12/h4-10H,3,11H2,1-2H3. The number of allylic oxidation sites excluding steroid dienone is 1. The Morgan fingerprint density at radius 1 is 1.27 bits per heavy atom. The summed E-state index contributed by atoms with van der Waals surface area (Å²) in [5.41, 5.74) is 2.59. The van der Waals surface area contributed by atoms with Crippen molar-refractivity contribution in [2.24, 2.45) is 10.4 Å². The molecule has 1 heterocycles. The van der Waals surface area contributed by atoms with Crippen molar-refractivity contribution in [2.75, 3.05) is 6.54 Å². The van der Waals surface area contributed by atoms with E-state index < -0.39 is 0 Å². The van der Waals surface area contributed by atoms with Gasteiger partial charge in [0, 0.05) is 12.0 Å². The molecule has 15 heavy (non-hydrogen) atoms. The third kappa shape index (κ3) is 2.17. The van der Waals surface area contributed by atoms with Gasteiger partial charge in [-0.2, -0.15) is 0 Å². The normalized spacial score (nSPS) is 25.1. The van der Waals surface area contributed by atoms with Crippen molar-refractivity contribution < 1.29 is 0 Å². The zero-order valence-corrected chi connectivity index (χ0v) is 9.40. The summed E-state index contributed by atoms with van der Waals surface area (Å²) < 4.78 is 0. The molecular weight excluding hydrogens is 182 g/mol. The second-order valence-electron chi connectivity index (χ2n) is 4.41. The van der Waals surface area contributed by atoms with E-state index >= 15 is 0 Å². The lowest BCUT2D eigenvalue weighted by molar-refractivity contribution is 0.422. The Kier molecular flexibility index (Phi) is 2.72. The van der Waals surface area contributed by atoms with E-state index in [1.54, 1.807) is 0 Å². The quantitative estimate of drug-likeness (QED) is 0.691. The van der Waals surface area contributed by atoms with Crippen LogP contribution in [0, 0.1) is 5.41 Å². The predicted octanol–water partition coefficient (Wildman–Crippen LogP) is 3.46. The lowest BCUT2D eigenvalue weighted by Gasteiger charge is -2.25. The summed E-state index contributed by atoms with van der Waals surface area (Å²) in [6, 6.07) is 10.4. The predicted molar refractivity (Wildman–Crippen MR) is 65.4 cm³/mol. The number of hydrogen-bond donors (Lipinski definition) is 0. The molecule has 1 nitrogen and oxygen atoms in total. The number of rotatable bonds is 2. The van der Waals surface area contributed by atoms with Crippen molar-refractivity contribution in [3.05, 3.63) is 48.0 Å². The third-order valence-electron chi connectivity index (χ3n) is 3.13. The van der Waals surface area contributed by atoms with Gasteiger partial charge in [0.15, 0.2) is 0 Å². The summed E-state index contributed by atoms with van der Waals surface area (Å²) >= 11 is 0. The summed E-state index contributed by atoms with van der Waals surface area (Å²) in [7, 11) is 0. The summed E-state index contributed by atoms with van der Waals surface area (Å²) in [5.74, 6) is 0. The molecule has 1 aliphatic rings. The van der Waals surface area contributed by atoms with Crippen molar-refractivity contribution in [3.63, 3.8) is 0 Å². The maximum Gasteiger partial charge on any atom is 0.0644 e. The molecule has 2 rings (SSSR count). The summed E-state index contributed by atoms with van der Waals surface area (Å²) in [4.78, 5) is 4.65. The van der Waals surface area contributed by atoms with Gasteiger partial charge in [-0.05, 0) is 18.1 Å². The van der Waals surface area contributed by atoms with Gasteiger partial charge in [0.05, 0.1) is 5.71 Å². The fourth-order valence-corrected chi connectivity index (χ4v) is 1.68. The SMILES string of the molecule is CCC1(C)C=CC(c2ccccc2)=NC1. The maximum absolute atomic E-state index is 4.65. The number of nitrogens with zero attached hydrogens (tertiary/aromatic N) is 1. The Labute approximate surface area is 91.6 Å². The van der Waals surface area contributed by atoms with Gasteiger partial charge in [-0.25, -0.2) is 0 Å². The van der Waals surface area contributed by atoms with E-state index in [4.69, 9.17) is 0 Å². The van der Waals surface area contributed by atoms with Gasteiger partial charge in [-0.1, -0.05) is 50.3 Å². The highest BCUT2D eigenvalue weighted by molar-refractivity contribution is 6.09. The molecule has 0 saturated heterocycles. The van der Waals surface area contributed by atoms with Crippen molar-refractivity contribution in [1.82, 2.24) is 0 Å². The van der Waals surface area contributed by atoms with Crippen LogP contribution in [-0.2, 0) is 0 Å². The number of hydrogen-bond acceptors (Lipinski definition) is 1. The Balaban J connectivity index is 2.20. The van der Waals surface area contributed by atoms with Crippen LogP contribution in [0.5, 0.6) is 0 Å². The van der Waals surface area contributed by atoms with Crippen LogP contribution < -0.4 is 0 Å². The molecule has 78 valence electrons. The van der Waals surface area contributed by atoms with Gasteiger partial charge in [-0.15, -0.1) is 0 Å². The third-order valence-corrected chi connectivity index (χ3v) is 3.13. The molecule has 0 fully saturated rings. The smallest absolute Gasteiger partial charge is 0.0644 e. The molecule has 0 bridgehead atoms. The van der Waals surface area contributed by atoms with Crippen molar-refractivity contribution in [1.29, 1.82) is 0 Å². The highest BCUT2D eigenvalue weighted by Gasteiger charge is 2.21. The Morgan fingerprint density at radius 2 is 2.00 bits per heavy atom. The zero-order valence-electron chi connectivity index (χ0n) is 9.40. The van der Waals surface area contributed by atoms with Crippen LogP contribution in [0.1, 0.15) is 25.8 Å². The topological polar surface area (TPSA) is 12.4 Å². The molecular formula is C14H17N. The lowest BCUT2D eigenvalue weighted by Crippen LogP contribution is -2.21. The molecule has 0 radical (unpaired) electrons. The highest BCUT2D eigenvalue weighted by Crippen LogP contribution is 2.26. The second kappa shape index (κ2) is 4.01. The average molecular weight is 199 g/mol. The summed E-state index contributed by atoms with van der Waals surface area (Å²) in [6.45, 7) is 5.38. The Morgan fingerprint density at radius 3 is 2.53 bits per heavy atom. The molecule has 1 unspecified atom stereocenters. The minimum absolute atomic E-state index is 0.262.